The highest BCUT2D eigenvalue weighted by molar-refractivity contribution is 7.99. The molecule has 0 radical (unpaired) electrons. The van der Waals surface area contributed by atoms with Gasteiger partial charge in [-0.25, -0.2) is 8.42 Å². The van der Waals surface area contributed by atoms with Gasteiger partial charge in [0.15, 0.2) is 0 Å². The number of thioether (sulfide) groups is 1. The summed E-state index contributed by atoms with van der Waals surface area (Å²) in [4.78, 5) is 0.292. The van der Waals surface area contributed by atoms with Crippen LogP contribution in [0, 0.1) is 11.8 Å². The van der Waals surface area contributed by atoms with Crippen LogP contribution >= 0.6 is 11.8 Å². The van der Waals surface area contributed by atoms with E-state index in [1.54, 1.807) is 43.1 Å². The summed E-state index contributed by atoms with van der Waals surface area (Å²) in [5.74, 6) is 7.48. The Morgan fingerprint density at radius 3 is 2.95 bits per heavy atom. The molecule has 1 aliphatic rings. The monoisotopic (exact) mass is 310 g/mol. The van der Waals surface area contributed by atoms with Crippen LogP contribution < -0.4 is 5.73 Å². The quantitative estimate of drug-likeness (QED) is 0.850. The van der Waals surface area contributed by atoms with Crippen molar-refractivity contribution in [3.8, 4) is 11.8 Å². The van der Waals surface area contributed by atoms with Gasteiger partial charge >= 0.3 is 0 Å². The number of nitrogens with two attached hydrogens (primary N) is 1. The number of hydrogen-bond acceptors (Lipinski definition) is 4. The average Bonchev–Trinajstić information content (AvgIpc) is 2.98. The Bertz CT molecular complexity index is 626. The first-order valence-corrected chi connectivity index (χ1v) is 9.00. The maximum atomic E-state index is 12.6. The Morgan fingerprint density at radius 2 is 2.30 bits per heavy atom. The van der Waals surface area contributed by atoms with Crippen LogP contribution in [0.1, 0.15) is 12.0 Å². The van der Waals surface area contributed by atoms with Crippen LogP contribution in [0.4, 0.5) is 0 Å². The van der Waals surface area contributed by atoms with Gasteiger partial charge in [0.25, 0.3) is 0 Å². The van der Waals surface area contributed by atoms with Crippen molar-refractivity contribution in [3.05, 3.63) is 29.8 Å². The fourth-order valence-corrected chi connectivity index (χ4v) is 4.85. The van der Waals surface area contributed by atoms with Gasteiger partial charge < -0.3 is 5.73 Å². The Balaban J connectivity index is 2.29. The molecule has 1 aliphatic heterocycles. The first kappa shape index (κ1) is 15.4. The summed E-state index contributed by atoms with van der Waals surface area (Å²) in [5.41, 5.74) is 6.00. The summed E-state index contributed by atoms with van der Waals surface area (Å²) in [6.45, 7) is 0.260. The standard InChI is InChI=1S/C14H18N2O2S2/c1-16(13-7-9-19-11-13)20(17,18)14-6-2-4-12(10-14)5-3-8-15/h2,4,6,10,13H,7-9,11,15H2,1H3. The number of hydrogen-bond donors (Lipinski definition) is 1. The predicted octanol–water partition coefficient (Wildman–Crippen LogP) is 1.12. The molecule has 0 aromatic heterocycles. The van der Waals surface area contributed by atoms with Gasteiger partial charge in [-0.05, 0) is 30.4 Å². The minimum Gasteiger partial charge on any atom is -0.320 e. The molecule has 1 fully saturated rings. The third kappa shape index (κ3) is 3.36. The second kappa shape index (κ2) is 6.64. The zero-order valence-corrected chi connectivity index (χ0v) is 13.0. The Morgan fingerprint density at radius 1 is 1.50 bits per heavy atom. The molecule has 2 N–H and O–H groups in total. The highest BCUT2D eigenvalue weighted by Gasteiger charge is 2.30. The molecule has 1 unspecified atom stereocenters. The van der Waals surface area contributed by atoms with Gasteiger partial charge in [-0.2, -0.15) is 16.1 Å². The predicted molar refractivity (Wildman–Crippen MR) is 83.1 cm³/mol. The molecule has 20 heavy (non-hydrogen) atoms. The van der Waals surface area contributed by atoms with Gasteiger partial charge in [-0.1, -0.05) is 17.9 Å². The summed E-state index contributed by atoms with van der Waals surface area (Å²) in [6, 6.07) is 6.80. The Hall–Kier alpha value is -1.00. The molecule has 0 saturated carbocycles. The third-order valence-electron chi connectivity index (χ3n) is 3.27. The molecule has 6 heteroatoms. The van der Waals surface area contributed by atoms with Gasteiger partial charge in [-0.15, -0.1) is 0 Å². The Labute approximate surface area is 124 Å². The fraction of sp³-hybridized carbons (Fsp3) is 0.429. The van der Waals surface area contributed by atoms with Crippen molar-refractivity contribution < 1.29 is 8.42 Å². The largest absolute Gasteiger partial charge is 0.320 e. The first-order chi connectivity index (χ1) is 9.55. The average molecular weight is 310 g/mol. The molecule has 0 aliphatic carbocycles. The normalized spacial score (nSPS) is 18.9. The fourth-order valence-electron chi connectivity index (χ4n) is 2.06. The lowest BCUT2D eigenvalue weighted by Crippen LogP contribution is -2.36. The zero-order valence-electron chi connectivity index (χ0n) is 11.4. The van der Waals surface area contributed by atoms with Crippen molar-refractivity contribution in [1.29, 1.82) is 0 Å². The Kier molecular flexibility index (Phi) is 5.11. The van der Waals surface area contributed by atoms with E-state index < -0.39 is 10.0 Å². The van der Waals surface area contributed by atoms with Crippen LogP contribution in [0.2, 0.25) is 0 Å². The van der Waals surface area contributed by atoms with Gasteiger partial charge in [0.05, 0.1) is 11.4 Å². The summed E-state index contributed by atoms with van der Waals surface area (Å²) in [5, 5.41) is 0. The lowest BCUT2D eigenvalue weighted by Gasteiger charge is -2.23. The molecule has 1 atom stereocenters. The maximum Gasteiger partial charge on any atom is 0.243 e. The molecular weight excluding hydrogens is 292 g/mol. The molecule has 4 nitrogen and oxygen atoms in total. The van der Waals surface area contributed by atoms with Crippen LogP contribution in [0.5, 0.6) is 0 Å². The molecule has 1 heterocycles. The van der Waals surface area contributed by atoms with Crippen LogP contribution in [-0.4, -0.2) is 43.9 Å². The highest BCUT2D eigenvalue weighted by atomic mass is 32.2. The lowest BCUT2D eigenvalue weighted by atomic mass is 10.2. The van der Waals surface area contributed by atoms with E-state index >= 15 is 0 Å². The summed E-state index contributed by atoms with van der Waals surface area (Å²) >= 11 is 1.79. The SMILES string of the molecule is CN(C1CCSC1)S(=O)(=O)c1cccc(C#CCN)c1. The number of benzene rings is 1. The molecule has 1 saturated heterocycles. The smallest absolute Gasteiger partial charge is 0.243 e. The molecule has 0 bridgehead atoms. The number of rotatable bonds is 3. The van der Waals surface area contributed by atoms with E-state index in [0.717, 1.165) is 17.9 Å². The van der Waals surface area contributed by atoms with E-state index in [-0.39, 0.29) is 12.6 Å². The topological polar surface area (TPSA) is 63.4 Å². The first-order valence-electron chi connectivity index (χ1n) is 6.40. The van der Waals surface area contributed by atoms with E-state index in [4.69, 9.17) is 5.73 Å². The van der Waals surface area contributed by atoms with Gasteiger partial charge in [-0.3, -0.25) is 0 Å². The molecule has 2 rings (SSSR count). The summed E-state index contributed by atoms with van der Waals surface area (Å²) in [6.07, 6.45) is 0.910. The van der Waals surface area contributed by atoms with Crippen LogP contribution in [-0.2, 0) is 10.0 Å². The molecular formula is C14H18N2O2S2. The van der Waals surface area contributed by atoms with Crippen molar-refractivity contribution in [2.75, 3.05) is 25.1 Å². The van der Waals surface area contributed by atoms with E-state index in [0.29, 0.717) is 10.5 Å². The molecule has 0 spiro atoms. The van der Waals surface area contributed by atoms with E-state index in [1.807, 2.05) is 0 Å². The van der Waals surface area contributed by atoms with Gasteiger partial charge in [0.1, 0.15) is 0 Å². The van der Waals surface area contributed by atoms with Gasteiger partial charge in [0.2, 0.25) is 10.0 Å². The van der Waals surface area contributed by atoms with Crippen LogP contribution in [0.15, 0.2) is 29.2 Å². The van der Waals surface area contributed by atoms with Crippen molar-refractivity contribution in [2.24, 2.45) is 5.73 Å². The number of nitrogens with zero attached hydrogens (tertiary/aromatic N) is 1. The maximum absolute atomic E-state index is 12.6. The van der Waals surface area contributed by atoms with Crippen molar-refractivity contribution >= 4 is 21.8 Å². The lowest BCUT2D eigenvalue weighted by molar-refractivity contribution is 0.394. The van der Waals surface area contributed by atoms with Crippen molar-refractivity contribution in [1.82, 2.24) is 4.31 Å². The molecule has 108 valence electrons. The van der Waals surface area contributed by atoms with Crippen molar-refractivity contribution in [3.63, 3.8) is 0 Å². The van der Waals surface area contributed by atoms with Gasteiger partial charge in [0, 0.05) is 24.4 Å². The van der Waals surface area contributed by atoms with E-state index in [2.05, 4.69) is 11.8 Å². The minimum atomic E-state index is -3.45. The van der Waals surface area contributed by atoms with E-state index in [9.17, 15) is 8.42 Å². The molecule has 1 aromatic carbocycles. The van der Waals surface area contributed by atoms with Crippen LogP contribution in [0.25, 0.3) is 0 Å². The summed E-state index contributed by atoms with van der Waals surface area (Å²) in [7, 11) is -1.79. The van der Waals surface area contributed by atoms with Crippen LogP contribution in [0.3, 0.4) is 0 Å². The number of sulfonamides is 1. The molecule has 1 aromatic rings. The molecule has 0 amide bonds. The minimum absolute atomic E-state index is 0.0868. The third-order valence-corrected chi connectivity index (χ3v) is 6.32. The summed E-state index contributed by atoms with van der Waals surface area (Å²) < 4.78 is 26.7. The second-order valence-corrected chi connectivity index (χ2v) is 7.72. The zero-order chi connectivity index (χ0) is 14.6. The van der Waals surface area contributed by atoms with E-state index in [1.165, 1.54) is 4.31 Å². The van der Waals surface area contributed by atoms with Crippen molar-refractivity contribution in [2.45, 2.75) is 17.4 Å². The second-order valence-electron chi connectivity index (χ2n) is 4.57. The highest BCUT2D eigenvalue weighted by Crippen LogP contribution is 2.26.